The predicted molar refractivity (Wildman–Crippen MR) is 115 cm³/mol. The normalized spacial score (nSPS) is 45.2. The van der Waals surface area contributed by atoms with Crippen LogP contribution in [0.1, 0.15) is 65.7 Å². The zero-order chi connectivity index (χ0) is 23.5. The van der Waals surface area contributed by atoms with Crippen molar-refractivity contribution in [1.82, 2.24) is 0 Å². The largest absolute Gasteiger partial charge is 0.469 e. The van der Waals surface area contributed by atoms with Crippen LogP contribution < -0.4 is 0 Å². The van der Waals surface area contributed by atoms with Gasteiger partial charge in [0.05, 0.1) is 18.6 Å². The Bertz CT molecular complexity index is 882. The lowest BCUT2D eigenvalue weighted by Gasteiger charge is -2.63. The minimum Gasteiger partial charge on any atom is -0.469 e. The van der Waals surface area contributed by atoms with Crippen LogP contribution >= 0.6 is 0 Å². The summed E-state index contributed by atoms with van der Waals surface area (Å²) >= 11 is 0. The highest BCUT2D eigenvalue weighted by Crippen LogP contribution is 2.72. The Morgan fingerprint density at radius 3 is 2.62 bits per heavy atom. The Kier molecular flexibility index (Phi) is 5.61. The molecule has 0 saturated heterocycles. The summed E-state index contributed by atoms with van der Waals surface area (Å²) < 4.78 is 27.7. The van der Waals surface area contributed by atoms with Gasteiger partial charge in [-0.2, -0.15) is 0 Å². The third kappa shape index (κ3) is 2.70. The van der Waals surface area contributed by atoms with Crippen molar-refractivity contribution < 1.29 is 33.7 Å². The van der Waals surface area contributed by atoms with Crippen molar-refractivity contribution in [2.45, 2.75) is 77.5 Å². The Hall–Kier alpha value is -1.73. The van der Waals surface area contributed by atoms with Gasteiger partial charge in [-0.3, -0.25) is 9.59 Å². The quantitative estimate of drug-likeness (QED) is 0.491. The number of aliphatic hydroxyl groups is 2. The second kappa shape index (κ2) is 7.66. The molecule has 4 aliphatic rings. The smallest absolute Gasteiger partial charge is 0.312 e. The average Bonchev–Trinajstić information content (AvgIpc) is 3.03. The third-order valence-electron chi connectivity index (χ3n) is 9.55. The second-order valence-corrected chi connectivity index (χ2v) is 10.5. The number of aliphatic hydroxyl groups excluding tert-OH is 2. The van der Waals surface area contributed by atoms with E-state index in [-0.39, 0.29) is 24.1 Å². The molecule has 0 aromatic carbocycles. The molecule has 2 N–H and O–H groups in total. The summed E-state index contributed by atoms with van der Waals surface area (Å²) in [7, 11) is 1.40. The number of carbonyl (C=O) groups is 2. The first-order chi connectivity index (χ1) is 15.1. The lowest BCUT2D eigenvalue weighted by molar-refractivity contribution is -0.212. The van der Waals surface area contributed by atoms with Crippen molar-refractivity contribution >= 4 is 11.8 Å². The van der Waals surface area contributed by atoms with E-state index >= 15 is 4.39 Å². The monoisotopic (exact) mass is 450 g/mol. The molecule has 32 heavy (non-hydrogen) atoms. The lowest BCUT2D eigenvalue weighted by atomic mass is 9.43. The Balaban J connectivity index is 1.82. The minimum atomic E-state index is -2.01. The topological polar surface area (TPSA) is 93.1 Å². The molecule has 0 aromatic heterocycles. The number of carbonyl (C=O) groups excluding carboxylic acids is 2. The van der Waals surface area contributed by atoms with Gasteiger partial charge in [0.1, 0.15) is 0 Å². The van der Waals surface area contributed by atoms with Crippen LogP contribution in [0.4, 0.5) is 4.39 Å². The number of fused-ring (bicyclic) bond motifs is 5. The zero-order valence-corrected chi connectivity index (χ0v) is 19.4. The van der Waals surface area contributed by atoms with Crippen LogP contribution in [0, 0.1) is 28.1 Å². The van der Waals surface area contributed by atoms with Crippen molar-refractivity contribution in [3.8, 4) is 0 Å². The molecule has 7 heteroatoms. The maximum Gasteiger partial charge on any atom is 0.312 e. The molecule has 2 unspecified atom stereocenters. The molecule has 0 aromatic rings. The number of halogens is 1. The molecular formula is C25H35FO6. The molecule has 0 amide bonds. The lowest BCUT2D eigenvalue weighted by Crippen LogP contribution is -2.68. The van der Waals surface area contributed by atoms with Crippen molar-refractivity contribution in [2.24, 2.45) is 28.1 Å². The molecule has 4 aliphatic carbocycles. The van der Waals surface area contributed by atoms with Gasteiger partial charge in [0.25, 0.3) is 0 Å². The molecule has 0 bridgehead atoms. The highest BCUT2D eigenvalue weighted by molar-refractivity contribution is 6.04. The Labute approximate surface area is 188 Å². The zero-order valence-electron chi connectivity index (χ0n) is 19.4. The minimum absolute atomic E-state index is 0.0849. The summed E-state index contributed by atoms with van der Waals surface area (Å²) in [5.41, 5.74) is -3.89. The molecule has 0 aliphatic heterocycles. The molecule has 0 radical (unpaired) electrons. The molecular weight excluding hydrogens is 415 g/mol. The van der Waals surface area contributed by atoms with Crippen LogP contribution in [0.5, 0.6) is 0 Å². The van der Waals surface area contributed by atoms with E-state index in [4.69, 9.17) is 9.47 Å². The van der Waals surface area contributed by atoms with E-state index in [0.29, 0.717) is 37.7 Å². The number of esters is 1. The number of ether oxygens (including phenoxy) is 2. The number of methoxy groups -OCH3 is 1. The molecule has 7 atom stereocenters. The van der Waals surface area contributed by atoms with Gasteiger partial charge in [0, 0.05) is 11.3 Å². The van der Waals surface area contributed by atoms with Crippen molar-refractivity contribution in [1.29, 1.82) is 0 Å². The standard InChI is InChI=1S/C25H35FO6/c1-5-9-24(21(30)31-4)10-8-16-17-7-6-15-11-18(28)19(32-14-27)12-22(15,2)25(17,26)20(29)13-23(16,24)3/h11-12,16-17,20,27,29H,5-10,13-14H2,1-4H3/t16?,17?,20-,22-,23-,24+,25-/m0/s1. The SMILES string of the molecule is CCC[C@]1(C(=O)OC)CCC2C3CCC4=CC(=O)C(OCO)=C[C@]4(C)[C@@]3(F)[C@@H](O)C[C@@]21C. The number of hydrogen-bond donors (Lipinski definition) is 2. The predicted octanol–water partition coefficient (Wildman–Crippen LogP) is 3.61. The van der Waals surface area contributed by atoms with E-state index in [1.165, 1.54) is 19.3 Å². The maximum atomic E-state index is 17.3. The summed E-state index contributed by atoms with van der Waals surface area (Å²) in [6.07, 6.45) is 5.54. The van der Waals surface area contributed by atoms with Gasteiger partial charge < -0.3 is 19.7 Å². The van der Waals surface area contributed by atoms with E-state index in [1.54, 1.807) is 6.92 Å². The van der Waals surface area contributed by atoms with Crippen LogP contribution in [0.2, 0.25) is 0 Å². The molecule has 178 valence electrons. The van der Waals surface area contributed by atoms with Crippen LogP contribution in [0.25, 0.3) is 0 Å². The fraction of sp³-hybridized carbons (Fsp3) is 0.760. The fourth-order valence-corrected chi connectivity index (χ4v) is 8.04. The maximum absolute atomic E-state index is 17.3. The highest BCUT2D eigenvalue weighted by Gasteiger charge is 2.74. The van der Waals surface area contributed by atoms with Crippen LogP contribution in [0.15, 0.2) is 23.5 Å². The molecule has 0 heterocycles. The number of rotatable bonds is 5. The number of alkyl halides is 1. The fourth-order valence-electron chi connectivity index (χ4n) is 8.04. The van der Waals surface area contributed by atoms with E-state index < -0.39 is 46.5 Å². The van der Waals surface area contributed by atoms with Gasteiger partial charge in [-0.05, 0) is 68.9 Å². The molecule has 6 nitrogen and oxygen atoms in total. The van der Waals surface area contributed by atoms with E-state index in [0.717, 1.165) is 6.42 Å². The van der Waals surface area contributed by atoms with E-state index in [9.17, 15) is 19.8 Å². The van der Waals surface area contributed by atoms with E-state index in [1.807, 2.05) is 13.8 Å². The first-order valence-corrected chi connectivity index (χ1v) is 11.7. The summed E-state index contributed by atoms with van der Waals surface area (Å²) in [6, 6.07) is 0. The van der Waals surface area contributed by atoms with Crippen molar-refractivity contribution in [3.63, 3.8) is 0 Å². The Morgan fingerprint density at radius 1 is 1.28 bits per heavy atom. The molecule has 0 spiro atoms. The van der Waals surface area contributed by atoms with Crippen molar-refractivity contribution in [2.75, 3.05) is 13.9 Å². The van der Waals surface area contributed by atoms with Gasteiger partial charge in [-0.25, -0.2) is 4.39 Å². The van der Waals surface area contributed by atoms with Gasteiger partial charge in [-0.1, -0.05) is 25.8 Å². The van der Waals surface area contributed by atoms with Crippen LogP contribution in [-0.2, 0) is 19.1 Å². The summed E-state index contributed by atoms with van der Waals surface area (Å²) in [5, 5.41) is 20.6. The molecule has 3 fully saturated rings. The van der Waals surface area contributed by atoms with Gasteiger partial charge >= 0.3 is 5.97 Å². The van der Waals surface area contributed by atoms with Crippen LogP contribution in [0.3, 0.4) is 0 Å². The Morgan fingerprint density at radius 2 is 2.00 bits per heavy atom. The summed E-state index contributed by atoms with van der Waals surface area (Å²) in [6.45, 7) is 5.11. The first kappa shape index (κ1) is 23.4. The van der Waals surface area contributed by atoms with Gasteiger partial charge in [0.2, 0.25) is 5.78 Å². The average molecular weight is 451 g/mol. The second-order valence-electron chi connectivity index (χ2n) is 10.5. The van der Waals surface area contributed by atoms with Crippen LogP contribution in [-0.4, -0.2) is 47.6 Å². The number of allylic oxidation sites excluding steroid dienone is 3. The van der Waals surface area contributed by atoms with E-state index in [2.05, 4.69) is 0 Å². The number of hydrogen-bond acceptors (Lipinski definition) is 6. The summed E-state index contributed by atoms with van der Waals surface area (Å²) in [4.78, 5) is 25.5. The summed E-state index contributed by atoms with van der Waals surface area (Å²) in [5.74, 6) is -1.29. The van der Waals surface area contributed by atoms with Gasteiger partial charge in [-0.15, -0.1) is 0 Å². The highest BCUT2D eigenvalue weighted by atomic mass is 19.1. The molecule has 3 saturated carbocycles. The molecule has 4 rings (SSSR count). The third-order valence-corrected chi connectivity index (χ3v) is 9.55. The number of ketones is 1. The van der Waals surface area contributed by atoms with Crippen molar-refractivity contribution in [3.05, 3.63) is 23.5 Å². The van der Waals surface area contributed by atoms with Gasteiger partial charge in [0.15, 0.2) is 18.2 Å². The first-order valence-electron chi connectivity index (χ1n) is 11.7.